The van der Waals surface area contributed by atoms with E-state index < -0.39 is 0 Å². The number of hydrogen-bond donors (Lipinski definition) is 1. The van der Waals surface area contributed by atoms with Crippen molar-refractivity contribution in [1.29, 1.82) is 0 Å². The Morgan fingerprint density at radius 3 is 2.69 bits per heavy atom. The zero-order valence-electron chi connectivity index (χ0n) is 9.94. The normalized spacial score (nSPS) is 18.1. The van der Waals surface area contributed by atoms with E-state index in [4.69, 9.17) is 0 Å². The largest absolute Gasteiger partial charge is 0.339 e. The number of amides is 1. The zero-order valence-corrected chi connectivity index (χ0v) is 9.94. The van der Waals surface area contributed by atoms with Crippen molar-refractivity contribution in [3.8, 4) is 0 Å². The summed E-state index contributed by atoms with van der Waals surface area (Å²) in [6, 6.07) is 0. The molecule has 0 aromatic carbocycles. The summed E-state index contributed by atoms with van der Waals surface area (Å²) in [6.45, 7) is 6.29. The van der Waals surface area contributed by atoms with Crippen molar-refractivity contribution in [3.63, 3.8) is 0 Å². The highest BCUT2D eigenvalue weighted by atomic mass is 16.2. The predicted octanol–water partition coefficient (Wildman–Crippen LogP) is 1.92. The number of aromatic amines is 1. The van der Waals surface area contributed by atoms with Crippen molar-refractivity contribution in [1.82, 2.24) is 15.1 Å². The molecule has 1 aliphatic rings. The average molecular weight is 221 g/mol. The van der Waals surface area contributed by atoms with Crippen LogP contribution in [0.1, 0.15) is 37.0 Å². The van der Waals surface area contributed by atoms with E-state index in [1.807, 2.05) is 4.90 Å². The van der Waals surface area contributed by atoms with Crippen LogP contribution in [-0.4, -0.2) is 34.1 Å². The molecule has 0 unspecified atom stereocenters. The molecular formula is C12H19N3O. The topological polar surface area (TPSA) is 49.0 Å². The van der Waals surface area contributed by atoms with Crippen molar-refractivity contribution in [2.45, 2.75) is 26.7 Å². The van der Waals surface area contributed by atoms with Gasteiger partial charge in [0.25, 0.3) is 5.91 Å². The minimum absolute atomic E-state index is 0.107. The van der Waals surface area contributed by atoms with Crippen LogP contribution in [0.15, 0.2) is 12.4 Å². The first kappa shape index (κ1) is 11.2. The molecule has 1 N–H and O–H groups in total. The van der Waals surface area contributed by atoms with Gasteiger partial charge in [-0.2, -0.15) is 5.10 Å². The average Bonchev–Trinajstić information content (AvgIpc) is 2.81. The summed E-state index contributed by atoms with van der Waals surface area (Å²) in [5, 5.41) is 6.49. The molecule has 0 radical (unpaired) electrons. The first-order chi connectivity index (χ1) is 7.68. The fraction of sp³-hybridized carbons (Fsp3) is 0.667. The molecule has 1 aromatic heterocycles. The minimum atomic E-state index is 0.107. The number of piperidine rings is 1. The Morgan fingerprint density at radius 2 is 2.19 bits per heavy atom. The Bertz CT molecular complexity index is 337. The molecule has 16 heavy (non-hydrogen) atoms. The Labute approximate surface area is 96.0 Å². The second kappa shape index (κ2) is 4.68. The maximum atomic E-state index is 12.0. The van der Waals surface area contributed by atoms with E-state index >= 15 is 0 Å². The monoisotopic (exact) mass is 221 g/mol. The van der Waals surface area contributed by atoms with E-state index in [-0.39, 0.29) is 5.91 Å². The number of likely N-dealkylation sites (tertiary alicyclic amines) is 1. The highest BCUT2D eigenvalue weighted by Gasteiger charge is 2.25. The van der Waals surface area contributed by atoms with Crippen molar-refractivity contribution in [2.24, 2.45) is 11.8 Å². The Hall–Kier alpha value is -1.32. The third-order valence-electron chi connectivity index (χ3n) is 3.51. The number of rotatable bonds is 2. The van der Waals surface area contributed by atoms with Crippen molar-refractivity contribution in [2.75, 3.05) is 13.1 Å². The van der Waals surface area contributed by atoms with Crippen molar-refractivity contribution in [3.05, 3.63) is 18.0 Å². The van der Waals surface area contributed by atoms with Crippen molar-refractivity contribution < 1.29 is 4.79 Å². The standard InChI is InChI=1S/C12H19N3O/c1-9(2)10-3-5-15(6-4-10)12(16)11-7-13-14-8-11/h7-10H,3-6H2,1-2H3,(H,13,14). The molecule has 0 aliphatic carbocycles. The van der Waals surface area contributed by atoms with Crippen LogP contribution in [0.2, 0.25) is 0 Å². The molecule has 2 rings (SSSR count). The van der Waals surface area contributed by atoms with Crippen LogP contribution in [0.25, 0.3) is 0 Å². The van der Waals surface area contributed by atoms with Crippen LogP contribution >= 0.6 is 0 Å². The fourth-order valence-corrected chi connectivity index (χ4v) is 2.32. The van der Waals surface area contributed by atoms with Crippen LogP contribution in [0.3, 0.4) is 0 Å². The van der Waals surface area contributed by atoms with Gasteiger partial charge in [-0.25, -0.2) is 0 Å². The Kier molecular flexibility index (Phi) is 3.27. The lowest BCUT2D eigenvalue weighted by atomic mass is 9.86. The third-order valence-corrected chi connectivity index (χ3v) is 3.51. The van der Waals surface area contributed by atoms with Gasteiger partial charge >= 0.3 is 0 Å². The summed E-state index contributed by atoms with van der Waals surface area (Å²) >= 11 is 0. The van der Waals surface area contributed by atoms with Gasteiger partial charge in [-0.3, -0.25) is 9.89 Å². The van der Waals surface area contributed by atoms with Gasteiger partial charge in [0.05, 0.1) is 11.8 Å². The zero-order chi connectivity index (χ0) is 11.5. The van der Waals surface area contributed by atoms with Gasteiger partial charge in [-0.15, -0.1) is 0 Å². The van der Waals surface area contributed by atoms with Gasteiger partial charge in [-0.05, 0) is 24.7 Å². The van der Waals surface area contributed by atoms with Crippen LogP contribution in [0, 0.1) is 11.8 Å². The Morgan fingerprint density at radius 1 is 1.50 bits per heavy atom. The molecule has 1 aliphatic heterocycles. The second-order valence-electron chi connectivity index (χ2n) is 4.86. The van der Waals surface area contributed by atoms with Crippen molar-refractivity contribution >= 4 is 5.91 Å². The van der Waals surface area contributed by atoms with Crippen LogP contribution in [0.5, 0.6) is 0 Å². The third kappa shape index (κ3) is 2.26. The lowest BCUT2D eigenvalue weighted by Gasteiger charge is -2.33. The van der Waals surface area contributed by atoms with Gasteiger partial charge in [0.1, 0.15) is 0 Å². The smallest absolute Gasteiger partial charge is 0.257 e. The highest BCUT2D eigenvalue weighted by Crippen LogP contribution is 2.25. The maximum Gasteiger partial charge on any atom is 0.257 e. The summed E-state index contributed by atoms with van der Waals surface area (Å²) in [7, 11) is 0. The fourth-order valence-electron chi connectivity index (χ4n) is 2.32. The van der Waals surface area contributed by atoms with E-state index in [9.17, 15) is 4.79 Å². The van der Waals surface area contributed by atoms with Gasteiger partial charge < -0.3 is 4.90 Å². The molecule has 2 heterocycles. The second-order valence-corrected chi connectivity index (χ2v) is 4.86. The van der Waals surface area contributed by atoms with Gasteiger partial charge in [0, 0.05) is 19.3 Å². The number of aromatic nitrogens is 2. The predicted molar refractivity (Wildman–Crippen MR) is 62.1 cm³/mol. The number of nitrogens with zero attached hydrogens (tertiary/aromatic N) is 2. The maximum absolute atomic E-state index is 12.0. The van der Waals surface area contributed by atoms with E-state index in [0.717, 1.165) is 37.8 Å². The van der Waals surface area contributed by atoms with Crippen LogP contribution in [-0.2, 0) is 0 Å². The number of carbonyl (C=O) groups is 1. The lowest BCUT2D eigenvalue weighted by molar-refractivity contribution is 0.0668. The number of nitrogens with one attached hydrogen (secondary N) is 1. The molecule has 0 spiro atoms. The molecule has 1 fully saturated rings. The quantitative estimate of drug-likeness (QED) is 0.829. The summed E-state index contributed by atoms with van der Waals surface area (Å²) in [6.07, 6.45) is 5.51. The van der Waals surface area contributed by atoms with E-state index in [1.54, 1.807) is 12.4 Å². The first-order valence-electron chi connectivity index (χ1n) is 5.96. The van der Waals surface area contributed by atoms with Gasteiger partial charge in [0.2, 0.25) is 0 Å². The number of hydrogen-bond acceptors (Lipinski definition) is 2. The summed E-state index contributed by atoms with van der Waals surface area (Å²) in [4.78, 5) is 13.9. The molecule has 88 valence electrons. The summed E-state index contributed by atoms with van der Waals surface area (Å²) in [5.74, 6) is 1.61. The first-order valence-corrected chi connectivity index (χ1v) is 5.96. The van der Waals surface area contributed by atoms with E-state index in [1.165, 1.54) is 0 Å². The van der Waals surface area contributed by atoms with Gasteiger partial charge in [0.15, 0.2) is 0 Å². The molecule has 1 aromatic rings. The minimum Gasteiger partial charge on any atom is -0.339 e. The molecule has 1 saturated heterocycles. The lowest BCUT2D eigenvalue weighted by Crippen LogP contribution is -2.39. The van der Waals surface area contributed by atoms with Gasteiger partial charge in [-0.1, -0.05) is 13.8 Å². The van der Waals surface area contributed by atoms with Crippen LogP contribution < -0.4 is 0 Å². The molecular weight excluding hydrogens is 202 g/mol. The molecule has 1 amide bonds. The number of H-pyrrole nitrogens is 1. The summed E-state index contributed by atoms with van der Waals surface area (Å²) < 4.78 is 0. The molecule has 4 heteroatoms. The van der Waals surface area contributed by atoms with E-state index in [2.05, 4.69) is 24.0 Å². The highest BCUT2D eigenvalue weighted by molar-refractivity contribution is 5.93. The van der Waals surface area contributed by atoms with E-state index in [0.29, 0.717) is 5.56 Å². The molecule has 0 atom stereocenters. The molecule has 0 bridgehead atoms. The summed E-state index contributed by atoms with van der Waals surface area (Å²) in [5.41, 5.74) is 0.669. The molecule has 4 nitrogen and oxygen atoms in total. The van der Waals surface area contributed by atoms with Crippen LogP contribution in [0.4, 0.5) is 0 Å². The molecule has 0 saturated carbocycles. The SMILES string of the molecule is CC(C)C1CCN(C(=O)c2cn[nH]c2)CC1. The Balaban J connectivity index is 1.92. The number of carbonyl (C=O) groups excluding carboxylic acids is 1.